The summed E-state index contributed by atoms with van der Waals surface area (Å²) in [6.07, 6.45) is 2.87. The summed E-state index contributed by atoms with van der Waals surface area (Å²) in [6, 6.07) is 0.997. The van der Waals surface area contributed by atoms with Gasteiger partial charge in [0.25, 0.3) is 0 Å². The van der Waals surface area contributed by atoms with Crippen molar-refractivity contribution in [1.82, 2.24) is 30.8 Å². The highest BCUT2D eigenvalue weighted by molar-refractivity contribution is 7.13. The zero-order valence-electron chi connectivity index (χ0n) is 18.6. The number of anilines is 1. The number of carbonyl (C=O) groups excluding carboxylic acids is 1. The van der Waals surface area contributed by atoms with Gasteiger partial charge in [0.2, 0.25) is 5.89 Å². The van der Waals surface area contributed by atoms with Gasteiger partial charge in [-0.1, -0.05) is 12.2 Å². The fourth-order valence-electron chi connectivity index (χ4n) is 3.73. The van der Waals surface area contributed by atoms with Crippen LogP contribution in [0.1, 0.15) is 30.5 Å². The molecule has 6 rings (SSSR count). The summed E-state index contributed by atoms with van der Waals surface area (Å²) < 4.78 is 45.0. The zero-order chi connectivity index (χ0) is 25.4. The molecule has 1 aliphatic carbocycles. The minimum absolute atomic E-state index is 0.0242. The molecule has 3 aliphatic rings. The van der Waals surface area contributed by atoms with E-state index in [1.165, 1.54) is 12.3 Å². The van der Waals surface area contributed by atoms with Crippen molar-refractivity contribution in [1.29, 1.82) is 0 Å². The minimum atomic E-state index is -4.61. The molecule has 1 unspecified atom stereocenters. The van der Waals surface area contributed by atoms with Gasteiger partial charge in [-0.05, 0) is 19.1 Å². The van der Waals surface area contributed by atoms with Crippen LogP contribution in [0.5, 0.6) is 0 Å². The molecule has 1 atom stereocenters. The second-order valence-corrected chi connectivity index (χ2v) is 8.72. The number of H-pyrrole nitrogens is 1. The number of hydrogen-bond acceptors (Lipinski definition) is 8. The second-order valence-electron chi connectivity index (χ2n) is 7.86. The van der Waals surface area contributed by atoms with Crippen molar-refractivity contribution >= 4 is 34.3 Å². The number of nitrogens with zero attached hydrogens (tertiary/aromatic N) is 3. The van der Waals surface area contributed by atoms with Gasteiger partial charge in [-0.15, -0.1) is 16.4 Å². The number of alkyl halides is 3. The van der Waals surface area contributed by atoms with Crippen LogP contribution >= 0.6 is 11.3 Å². The van der Waals surface area contributed by atoms with E-state index in [1.807, 2.05) is 6.08 Å². The van der Waals surface area contributed by atoms with Crippen LogP contribution in [0.2, 0.25) is 0 Å². The first kappa shape index (κ1) is 23.5. The van der Waals surface area contributed by atoms with Crippen LogP contribution in [0.25, 0.3) is 21.7 Å². The molecule has 10 nitrogen and oxygen atoms in total. The van der Waals surface area contributed by atoms with Crippen molar-refractivity contribution in [3.05, 3.63) is 69.3 Å². The predicted molar refractivity (Wildman–Crippen MR) is 126 cm³/mol. The van der Waals surface area contributed by atoms with Gasteiger partial charge in [0, 0.05) is 58.6 Å². The van der Waals surface area contributed by atoms with Gasteiger partial charge in [-0.3, -0.25) is 5.32 Å². The van der Waals surface area contributed by atoms with E-state index in [1.54, 1.807) is 19.1 Å². The number of aromatic nitrogens is 4. The molecule has 0 spiro atoms. The summed E-state index contributed by atoms with van der Waals surface area (Å²) in [4.78, 5) is 31.6. The average molecular weight is 517 g/mol. The molecular formula is C22H18F3N7O3S. The Morgan fingerprint density at radius 2 is 2.14 bits per heavy atom. The van der Waals surface area contributed by atoms with Crippen LogP contribution in [-0.2, 0) is 6.18 Å². The lowest BCUT2D eigenvalue weighted by molar-refractivity contribution is -0.140. The lowest BCUT2D eigenvalue weighted by atomic mass is 9.88. The molecule has 0 aromatic carbocycles. The number of rotatable bonds is 5. The number of halogens is 3. The smallest absolute Gasteiger partial charge is 0.388 e. The van der Waals surface area contributed by atoms with Gasteiger partial charge in [-0.2, -0.15) is 13.2 Å². The Balaban J connectivity index is 1.65. The van der Waals surface area contributed by atoms with Crippen molar-refractivity contribution in [3.63, 3.8) is 0 Å². The number of carbonyl (C=O) groups is 1. The van der Waals surface area contributed by atoms with Crippen LogP contribution in [0, 0.1) is 0 Å². The molecule has 2 bridgehead atoms. The van der Waals surface area contributed by atoms with Gasteiger partial charge >= 0.3 is 18.0 Å². The fourth-order valence-corrected chi connectivity index (χ4v) is 4.58. The Morgan fingerprint density at radius 1 is 1.33 bits per heavy atom. The maximum absolute atomic E-state index is 13.3. The molecule has 4 N–H and O–H groups in total. The summed E-state index contributed by atoms with van der Waals surface area (Å²) in [5.41, 5.74) is 1.72. The highest BCUT2D eigenvalue weighted by Gasteiger charge is 2.34. The van der Waals surface area contributed by atoms with E-state index in [9.17, 15) is 22.8 Å². The van der Waals surface area contributed by atoms with Crippen LogP contribution in [0.4, 0.5) is 23.8 Å². The number of hydrogen-bond donors (Lipinski definition) is 4. The number of pyridine rings is 1. The van der Waals surface area contributed by atoms with Crippen LogP contribution in [0.3, 0.4) is 0 Å². The maximum atomic E-state index is 13.3. The Hall–Kier alpha value is -4.20. The standard InChI is InChI=1S/C22H18F3N7O3S/c1-2-26-20(33)30-17-7-13(19-29-16(9-36-19)22(23,24)25)14(8-27-17)12-5-10(18-31-32-21(34)35-18)3-4-11-6-15(12)28-11/h3-5,7-9,11,28H,2,6H2,1H3,(H,32,34)(H2,26,27,30,33)/b4-3+,10-5+,15-12?. The number of allylic oxidation sites excluding steroid dienone is 4. The molecule has 186 valence electrons. The monoisotopic (exact) mass is 517 g/mol. The summed E-state index contributed by atoms with van der Waals surface area (Å²) in [6.45, 7) is 2.13. The summed E-state index contributed by atoms with van der Waals surface area (Å²) in [5.74, 6) is -0.514. The molecular weight excluding hydrogens is 499 g/mol. The fraction of sp³-hybridized carbons (Fsp3) is 0.227. The molecule has 2 amide bonds. The van der Waals surface area contributed by atoms with Gasteiger partial charge in [-0.25, -0.2) is 24.7 Å². The Labute approximate surface area is 205 Å². The molecule has 2 aliphatic heterocycles. The van der Waals surface area contributed by atoms with Crippen LogP contribution < -0.4 is 21.7 Å². The maximum Gasteiger partial charge on any atom is 0.434 e. The Kier molecular flexibility index (Phi) is 5.96. The Morgan fingerprint density at radius 3 is 2.81 bits per heavy atom. The summed E-state index contributed by atoms with van der Waals surface area (Å²) >= 11 is 0.827. The first-order valence-corrected chi connectivity index (χ1v) is 11.6. The van der Waals surface area contributed by atoms with Gasteiger partial charge in [0.05, 0.1) is 0 Å². The summed E-state index contributed by atoms with van der Waals surface area (Å²) in [5, 5.41) is 15.6. The van der Waals surface area contributed by atoms with Gasteiger partial charge in [0.15, 0.2) is 5.69 Å². The van der Waals surface area contributed by atoms with Gasteiger partial charge < -0.3 is 15.1 Å². The number of aromatic amines is 1. The first-order valence-electron chi connectivity index (χ1n) is 10.7. The van der Waals surface area contributed by atoms with E-state index in [0.717, 1.165) is 22.4 Å². The third-order valence-electron chi connectivity index (χ3n) is 5.40. The molecule has 36 heavy (non-hydrogen) atoms. The largest absolute Gasteiger partial charge is 0.434 e. The first-order chi connectivity index (χ1) is 17.2. The molecule has 3 aromatic rings. The van der Waals surface area contributed by atoms with Crippen molar-refractivity contribution < 1.29 is 22.4 Å². The molecule has 3 aromatic heterocycles. The molecule has 5 heterocycles. The normalized spacial score (nSPS) is 19.3. The second kappa shape index (κ2) is 9.11. The zero-order valence-corrected chi connectivity index (χ0v) is 19.4. The van der Waals surface area contributed by atoms with Crippen molar-refractivity contribution in [2.24, 2.45) is 0 Å². The van der Waals surface area contributed by atoms with Crippen molar-refractivity contribution in [3.8, 4) is 10.6 Å². The van der Waals surface area contributed by atoms with E-state index in [2.05, 4.69) is 36.1 Å². The third-order valence-corrected chi connectivity index (χ3v) is 6.28. The van der Waals surface area contributed by atoms with E-state index in [4.69, 9.17) is 4.42 Å². The SMILES string of the molecule is CCNC(=O)Nc1cc(-c2nc(C(F)(F)F)cs2)c(C2=C3CC(/C=C/C(c4n[nH]c(=O)o4)=C\2)N3)cn1. The quantitative estimate of drug-likeness (QED) is 0.404. The molecule has 1 fully saturated rings. The molecule has 14 heteroatoms. The third kappa shape index (κ3) is 4.66. The molecule has 0 radical (unpaired) electrons. The molecule has 1 saturated heterocycles. The highest BCUT2D eigenvalue weighted by Crippen LogP contribution is 2.40. The average Bonchev–Trinajstić information content (AvgIpc) is 3.42. The van der Waals surface area contributed by atoms with Crippen molar-refractivity contribution in [2.75, 3.05) is 11.9 Å². The lowest BCUT2D eigenvalue weighted by Crippen LogP contribution is -2.40. The van der Waals surface area contributed by atoms with E-state index in [-0.39, 0.29) is 22.8 Å². The van der Waals surface area contributed by atoms with E-state index < -0.39 is 23.7 Å². The summed E-state index contributed by atoms with van der Waals surface area (Å²) in [7, 11) is 0. The van der Waals surface area contributed by atoms with Crippen LogP contribution in [0.15, 0.2) is 50.8 Å². The Bertz CT molecular complexity index is 1470. The number of amides is 2. The van der Waals surface area contributed by atoms with Gasteiger partial charge in [0.1, 0.15) is 10.8 Å². The molecule has 0 saturated carbocycles. The minimum Gasteiger partial charge on any atom is -0.388 e. The predicted octanol–water partition coefficient (Wildman–Crippen LogP) is 3.77. The number of thiazole rings is 1. The van der Waals surface area contributed by atoms with Crippen LogP contribution in [-0.4, -0.2) is 38.8 Å². The van der Waals surface area contributed by atoms with E-state index >= 15 is 0 Å². The number of fused-ring (bicyclic) bond motifs is 2. The van der Waals surface area contributed by atoms with E-state index in [0.29, 0.717) is 35.2 Å². The lowest BCUT2D eigenvalue weighted by Gasteiger charge is -2.33. The number of nitrogens with one attached hydrogen (secondary N) is 4. The number of urea groups is 1. The topological polar surface area (TPSA) is 138 Å². The van der Waals surface area contributed by atoms with Crippen molar-refractivity contribution in [2.45, 2.75) is 25.6 Å². The highest BCUT2D eigenvalue weighted by atomic mass is 32.1.